The van der Waals surface area contributed by atoms with Gasteiger partial charge in [-0.25, -0.2) is 9.67 Å². The van der Waals surface area contributed by atoms with Crippen LogP contribution in [0.5, 0.6) is 0 Å². The molecule has 32 heavy (non-hydrogen) atoms. The molecule has 1 aliphatic rings. The second kappa shape index (κ2) is 8.31. The zero-order valence-electron chi connectivity index (χ0n) is 18.7. The van der Waals surface area contributed by atoms with Crippen molar-refractivity contribution in [3.8, 4) is 11.5 Å². The van der Waals surface area contributed by atoms with Crippen molar-refractivity contribution >= 4 is 11.0 Å². The van der Waals surface area contributed by atoms with Gasteiger partial charge in [0.1, 0.15) is 11.2 Å². The van der Waals surface area contributed by atoms with E-state index >= 15 is 0 Å². The monoisotopic (exact) mass is 428 g/mol. The Morgan fingerprint density at radius 3 is 2.59 bits per heavy atom. The molecule has 7 nitrogen and oxygen atoms in total. The van der Waals surface area contributed by atoms with Crippen molar-refractivity contribution < 1.29 is 0 Å². The summed E-state index contributed by atoms with van der Waals surface area (Å²) in [5, 5.41) is 7.97. The predicted octanol–water partition coefficient (Wildman–Crippen LogP) is 3.58. The lowest BCUT2D eigenvalue weighted by molar-refractivity contribution is 0.453. The minimum atomic E-state index is -0.0950. The molecule has 0 spiro atoms. The number of nitrogens with one attached hydrogen (secondary N) is 1. The molecule has 4 heterocycles. The first kappa shape index (κ1) is 20.6. The Morgan fingerprint density at radius 2 is 1.88 bits per heavy atom. The Hall–Kier alpha value is -3.32. The molecule has 1 N–H and O–H groups in total. The SMILES string of the molecule is Cc1cc(-c2nc3cnc(C4CCNCC4)cc3n2[C@@H](C)c2ccccc2)nn(C)c1=O. The maximum Gasteiger partial charge on any atom is 0.269 e. The fourth-order valence-electron chi connectivity index (χ4n) is 4.68. The van der Waals surface area contributed by atoms with E-state index in [-0.39, 0.29) is 11.6 Å². The number of hydrogen-bond acceptors (Lipinski definition) is 5. The lowest BCUT2D eigenvalue weighted by Crippen LogP contribution is -2.27. The molecule has 164 valence electrons. The molecule has 1 aliphatic heterocycles. The summed E-state index contributed by atoms with van der Waals surface area (Å²) in [7, 11) is 1.68. The highest BCUT2D eigenvalue weighted by Crippen LogP contribution is 2.33. The highest BCUT2D eigenvalue weighted by molar-refractivity contribution is 5.80. The first-order valence-electron chi connectivity index (χ1n) is 11.2. The number of fused-ring (bicyclic) bond motifs is 1. The van der Waals surface area contributed by atoms with Crippen molar-refractivity contribution in [2.75, 3.05) is 13.1 Å². The molecule has 1 saturated heterocycles. The van der Waals surface area contributed by atoms with Gasteiger partial charge in [0.2, 0.25) is 0 Å². The second-order valence-corrected chi connectivity index (χ2v) is 8.66. The Morgan fingerprint density at radius 1 is 1.12 bits per heavy atom. The van der Waals surface area contributed by atoms with Crippen molar-refractivity contribution in [3.05, 3.63) is 75.8 Å². The molecular formula is C25H28N6O. The van der Waals surface area contributed by atoms with Crippen LogP contribution in [0.2, 0.25) is 0 Å². The van der Waals surface area contributed by atoms with Crippen molar-refractivity contribution in [2.24, 2.45) is 7.05 Å². The van der Waals surface area contributed by atoms with Crippen LogP contribution in [-0.2, 0) is 7.05 Å². The molecule has 7 heteroatoms. The van der Waals surface area contributed by atoms with Gasteiger partial charge in [0, 0.05) is 24.2 Å². The number of pyridine rings is 1. The Balaban J connectivity index is 1.73. The summed E-state index contributed by atoms with van der Waals surface area (Å²) >= 11 is 0. The van der Waals surface area contributed by atoms with E-state index in [1.54, 1.807) is 7.05 Å². The first-order valence-corrected chi connectivity index (χ1v) is 11.2. The normalized spacial score (nSPS) is 15.8. The van der Waals surface area contributed by atoms with Gasteiger partial charge in [-0.2, -0.15) is 5.10 Å². The number of imidazole rings is 1. The third kappa shape index (κ3) is 3.62. The van der Waals surface area contributed by atoms with Crippen molar-refractivity contribution in [1.29, 1.82) is 0 Å². The summed E-state index contributed by atoms with van der Waals surface area (Å²) in [6.45, 7) is 6.05. The topological polar surface area (TPSA) is 77.6 Å². The molecule has 1 atom stereocenters. The maximum absolute atomic E-state index is 12.2. The molecule has 0 bridgehead atoms. The third-order valence-corrected chi connectivity index (χ3v) is 6.50. The number of hydrogen-bond donors (Lipinski definition) is 1. The number of aromatic nitrogens is 5. The Bertz CT molecular complexity index is 1290. The minimum absolute atomic E-state index is 0.0406. The molecule has 0 unspecified atom stereocenters. The van der Waals surface area contributed by atoms with Gasteiger partial charge in [-0.05, 0) is 57.5 Å². The van der Waals surface area contributed by atoms with Gasteiger partial charge in [0.05, 0.1) is 17.8 Å². The fraction of sp³-hybridized carbons (Fsp3) is 0.360. The van der Waals surface area contributed by atoms with Gasteiger partial charge in [0.25, 0.3) is 5.56 Å². The van der Waals surface area contributed by atoms with Crippen LogP contribution in [0.25, 0.3) is 22.6 Å². The zero-order chi connectivity index (χ0) is 22.2. The summed E-state index contributed by atoms with van der Waals surface area (Å²) in [5.74, 6) is 1.21. The highest BCUT2D eigenvalue weighted by Gasteiger charge is 2.23. The summed E-state index contributed by atoms with van der Waals surface area (Å²) < 4.78 is 3.63. The van der Waals surface area contributed by atoms with Crippen molar-refractivity contribution in [2.45, 2.75) is 38.6 Å². The summed E-state index contributed by atoms with van der Waals surface area (Å²) in [6, 6.07) is 14.5. The molecule has 4 aromatic rings. The van der Waals surface area contributed by atoms with Crippen LogP contribution in [0.1, 0.15) is 48.5 Å². The molecule has 0 amide bonds. The quantitative estimate of drug-likeness (QED) is 0.538. The van der Waals surface area contributed by atoms with E-state index in [0.29, 0.717) is 17.2 Å². The first-order chi connectivity index (χ1) is 15.5. The van der Waals surface area contributed by atoms with E-state index < -0.39 is 0 Å². The number of benzene rings is 1. The van der Waals surface area contributed by atoms with E-state index in [2.05, 4.69) is 52.2 Å². The predicted molar refractivity (Wildman–Crippen MR) is 126 cm³/mol. The van der Waals surface area contributed by atoms with Crippen LogP contribution in [-0.4, -0.2) is 37.4 Å². The van der Waals surface area contributed by atoms with Crippen LogP contribution in [0.3, 0.4) is 0 Å². The van der Waals surface area contributed by atoms with E-state index in [1.807, 2.05) is 25.3 Å². The molecule has 1 fully saturated rings. The van der Waals surface area contributed by atoms with E-state index in [9.17, 15) is 4.79 Å². The summed E-state index contributed by atoms with van der Waals surface area (Å²) in [5.41, 5.74) is 5.44. The number of piperidine rings is 1. The third-order valence-electron chi connectivity index (χ3n) is 6.50. The molecular weight excluding hydrogens is 400 g/mol. The number of rotatable bonds is 4. The standard InChI is InChI=1S/C25H28N6O/c1-16-13-21(29-30(3)25(16)32)24-28-22-15-27-20(19-9-11-26-12-10-19)14-23(22)31(24)17(2)18-7-5-4-6-8-18/h4-8,13-15,17,19,26H,9-12H2,1-3H3/t17-/m0/s1. The molecule has 3 aromatic heterocycles. The van der Waals surface area contributed by atoms with E-state index in [4.69, 9.17) is 9.97 Å². The maximum atomic E-state index is 12.2. The van der Waals surface area contributed by atoms with Crippen LogP contribution in [0.4, 0.5) is 0 Å². The van der Waals surface area contributed by atoms with Gasteiger partial charge < -0.3 is 9.88 Å². The minimum Gasteiger partial charge on any atom is -0.317 e. The van der Waals surface area contributed by atoms with Gasteiger partial charge in [0.15, 0.2) is 5.82 Å². The van der Waals surface area contributed by atoms with Crippen molar-refractivity contribution in [3.63, 3.8) is 0 Å². The van der Waals surface area contributed by atoms with Gasteiger partial charge in [-0.3, -0.25) is 9.78 Å². The van der Waals surface area contributed by atoms with Gasteiger partial charge in [-0.15, -0.1) is 0 Å². The van der Waals surface area contributed by atoms with Crippen LogP contribution >= 0.6 is 0 Å². The summed E-state index contributed by atoms with van der Waals surface area (Å²) in [6.07, 6.45) is 4.07. The molecule has 0 saturated carbocycles. The fourth-order valence-corrected chi connectivity index (χ4v) is 4.68. The second-order valence-electron chi connectivity index (χ2n) is 8.66. The molecule has 5 rings (SSSR count). The van der Waals surface area contributed by atoms with Crippen LogP contribution in [0, 0.1) is 6.92 Å². The molecule has 1 aromatic carbocycles. The molecule has 0 radical (unpaired) electrons. The largest absolute Gasteiger partial charge is 0.317 e. The lowest BCUT2D eigenvalue weighted by Gasteiger charge is -2.23. The average molecular weight is 429 g/mol. The van der Waals surface area contributed by atoms with Gasteiger partial charge >= 0.3 is 0 Å². The highest BCUT2D eigenvalue weighted by atomic mass is 16.1. The van der Waals surface area contributed by atoms with E-state index in [0.717, 1.165) is 48.5 Å². The number of nitrogens with zero attached hydrogens (tertiary/aromatic N) is 5. The number of aryl methyl sites for hydroxylation is 2. The van der Waals surface area contributed by atoms with Gasteiger partial charge in [-0.1, -0.05) is 30.3 Å². The van der Waals surface area contributed by atoms with Crippen molar-refractivity contribution in [1.82, 2.24) is 29.6 Å². The van der Waals surface area contributed by atoms with Crippen LogP contribution in [0.15, 0.2) is 53.5 Å². The smallest absolute Gasteiger partial charge is 0.269 e. The Kier molecular flexibility index (Phi) is 5.35. The summed E-state index contributed by atoms with van der Waals surface area (Å²) in [4.78, 5) is 22.0. The van der Waals surface area contributed by atoms with E-state index in [1.165, 1.54) is 10.2 Å². The van der Waals surface area contributed by atoms with Crippen LogP contribution < -0.4 is 10.9 Å². The average Bonchev–Trinajstić information content (AvgIpc) is 3.21. The lowest BCUT2D eigenvalue weighted by atomic mass is 9.94. The Labute approximate surface area is 187 Å². The molecule has 0 aliphatic carbocycles. The zero-order valence-corrected chi connectivity index (χ0v) is 18.7.